The number of carbonyl (C=O) groups excluding carboxylic acids is 1. The van der Waals surface area contributed by atoms with Crippen molar-refractivity contribution in [1.29, 1.82) is 0 Å². The Kier molecular flexibility index (Phi) is 4.85. The number of carbonyl (C=O) groups is 1. The van der Waals surface area contributed by atoms with Gasteiger partial charge in [-0.15, -0.1) is 0 Å². The lowest BCUT2D eigenvalue weighted by Crippen LogP contribution is -2.13. The van der Waals surface area contributed by atoms with Gasteiger partial charge in [0.25, 0.3) is 0 Å². The zero-order valence-electron chi connectivity index (χ0n) is 17.0. The fourth-order valence-electron chi connectivity index (χ4n) is 3.51. The second-order valence-corrected chi connectivity index (χ2v) is 9.12. The Hall–Kier alpha value is -3.46. The van der Waals surface area contributed by atoms with E-state index >= 15 is 0 Å². The number of fused-ring (bicyclic) bond motifs is 1. The number of nitrogens with one attached hydrogen (secondary N) is 1. The van der Waals surface area contributed by atoms with Gasteiger partial charge in [0, 0.05) is 17.7 Å². The molecule has 1 aliphatic rings. The molecule has 11 heteroatoms. The van der Waals surface area contributed by atoms with E-state index < -0.39 is 7.60 Å². The molecule has 32 heavy (non-hydrogen) atoms. The highest BCUT2D eigenvalue weighted by Gasteiger charge is 2.30. The van der Waals surface area contributed by atoms with Gasteiger partial charge in [0.05, 0.1) is 19.0 Å². The molecule has 3 heterocycles. The minimum Gasteiger partial charge on any atom is -0.494 e. The molecule has 3 N–H and O–H groups in total. The Morgan fingerprint density at radius 2 is 2.03 bits per heavy atom. The number of amides is 1. The van der Waals surface area contributed by atoms with Crippen LogP contribution in [0.5, 0.6) is 5.75 Å². The summed E-state index contributed by atoms with van der Waals surface area (Å²) >= 11 is 0. The normalized spacial score (nSPS) is 14.0. The van der Waals surface area contributed by atoms with Crippen molar-refractivity contribution in [1.82, 2.24) is 19.2 Å². The van der Waals surface area contributed by atoms with Crippen molar-refractivity contribution in [3.05, 3.63) is 54.9 Å². The third-order valence-corrected chi connectivity index (χ3v) is 6.12. The molecule has 5 rings (SSSR count). The molecule has 0 bridgehead atoms. The molecule has 0 radical (unpaired) electrons. The van der Waals surface area contributed by atoms with Crippen molar-refractivity contribution in [2.45, 2.75) is 12.8 Å². The van der Waals surface area contributed by atoms with Crippen LogP contribution < -0.4 is 15.5 Å². The third kappa shape index (κ3) is 3.80. The molecule has 0 saturated heterocycles. The van der Waals surface area contributed by atoms with Crippen LogP contribution in [0, 0.1) is 5.92 Å². The SMILES string of the molecule is COc1ccc(-c2cccc3nc(NC(=O)C4CC4)cn23)cc1-n1ccc(P(=O)(O)O)n1. The third-order valence-electron chi connectivity index (χ3n) is 5.29. The Labute approximate surface area is 182 Å². The maximum Gasteiger partial charge on any atom is 0.376 e. The molecule has 0 atom stereocenters. The van der Waals surface area contributed by atoms with E-state index in [1.165, 1.54) is 24.1 Å². The van der Waals surface area contributed by atoms with Crippen LogP contribution in [0.15, 0.2) is 54.9 Å². The van der Waals surface area contributed by atoms with Crippen molar-refractivity contribution in [2.24, 2.45) is 5.92 Å². The second-order valence-electron chi connectivity index (χ2n) is 7.58. The van der Waals surface area contributed by atoms with Gasteiger partial charge >= 0.3 is 7.60 Å². The van der Waals surface area contributed by atoms with Crippen molar-refractivity contribution < 1.29 is 23.9 Å². The number of nitrogens with zero attached hydrogens (tertiary/aromatic N) is 4. The molecule has 0 unspecified atom stereocenters. The van der Waals surface area contributed by atoms with Gasteiger partial charge < -0.3 is 19.8 Å². The first kappa shape index (κ1) is 20.4. The standard InChI is InChI=1S/C21H20N5O5P/c1-31-17-8-7-14(11-16(17)26-10-9-20(24-26)32(28,29)30)15-3-2-4-19-22-18(12-25(15)19)23-21(27)13-5-6-13/h2-4,7-13H,5-6H2,1H3,(H,23,27)(H2,28,29,30). The van der Waals surface area contributed by atoms with E-state index in [9.17, 15) is 19.1 Å². The van der Waals surface area contributed by atoms with Gasteiger partial charge in [-0.1, -0.05) is 6.07 Å². The molecule has 1 aliphatic carbocycles. The Bertz CT molecular complexity index is 1380. The number of benzene rings is 1. The molecule has 0 aliphatic heterocycles. The topological polar surface area (TPSA) is 131 Å². The van der Waals surface area contributed by atoms with Gasteiger partial charge in [-0.05, 0) is 49.2 Å². The molecule has 1 aromatic carbocycles. The van der Waals surface area contributed by atoms with Crippen molar-refractivity contribution in [3.8, 4) is 22.7 Å². The number of imidazole rings is 1. The predicted octanol–water partition coefficient (Wildman–Crippen LogP) is 2.35. The predicted molar refractivity (Wildman–Crippen MR) is 117 cm³/mol. The first-order valence-electron chi connectivity index (χ1n) is 9.93. The summed E-state index contributed by atoms with van der Waals surface area (Å²) in [4.78, 5) is 35.4. The van der Waals surface area contributed by atoms with E-state index in [4.69, 9.17) is 4.74 Å². The van der Waals surface area contributed by atoms with E-state index in [1.807, 2.05) is 34.7 Å². The lowest BCUT2D eigenvalue weighted by atomic mass is 10.1. The molecule has 1 saturated carbocycles. The summed E-state index contributed by atoms with van der Waals surface area (Å²) < 4.78 is 20.2. The highest BCUT2D eigenvalue weighted by atomic mass is 31.2. The van der Waals surface area contributed by atoms with E-state index in [1.54, 1.807) is 12.3 Å². The van der Waals surface area contributed by atoms with E-state index in [-0.39, 0.29) is 17.3 Å². The van der Waals surface area contributed by atoms with Crippen LogP contribution in [-0.4, -0.2) is 42.0 Å². The lowest BCUT2D eigenvalue weighted by molar-refractivity contribution is -0.117. The maximum atomic E-state index is 12.1. The number of aromatic nitrogens is 4. The highest BCUT2D eigenvalue weighted by molar-refractivity contribution is 7.60. The van der Waals surface area contributed by atoms with Crippen molar-refractivity contribution >= 4 is 30.4 Å². The Morgan fingerprint density at radius 3 is 2.72 bits per heavy atom. The minimum atomic E-state index is -4.48. The number of hydrogen-bond donors (Lipinski definition) is 3. The van der Waals surface area contributed by atoms with Gasteiger partial charge in [0.15, 0.2) is 11.3 Å². The summed E-state index contributed by atoms with van der Waals surface area (Å²) in [7, 11) is -2.96. The summed E-state index contributed by atoms with van der Waals surface area (Å²) in [5, 5.41) is 6.89. The smallest absolute Gasteiger partial charge is 0.376 e. The van der Waals surface area contributed by atoms with Crippen LogP contribution in [0.4, 0.5) is 5.82 Å². The molecular weight excluding hydrogens is 433 g/mol. The minimum absolute atomic E-state index is 0.0127. The van der Waals surface area contributed by atoms with Crippen LogP contribution in [-0.2, 0) is 9.36 Å². The fourth-order valence-corrected chi connectivity index (χ4v) is 3.99. The number of rotatable bonds is 6. The first-order chi connectivity index (χ1) is 15.3. The summed E-state index contributed by atoms with van der Waals surface area (Å²) in [6, 6.07) is 12.3. The first-order valence-corrected chi connectivity index (χ1v) is 11.5. The molecule has 0 spiro atoms. The summed E-state index contributed by atoms with van der Waals surface area (Å²) in [6.07, 6.45) is 5.07. The molecule has 3 aromatic heterocycles. The van der Waals surface area contributed by atoms with E-state index in [0.717, 1.165) is 24.1 Å². The molecule has 10 nitrogen and oxygen atoms in total. The molecule has 4 aromatic rings. The number of pyridine rings is 1. The van der Waals surface area contributed by atoms with Crippen LogP contribution in [0.2, 0.25) is 0 Å². The lowest BCUT2D eigenvalue weighted by Gasteiger charge is -2.12. The van der Waals surface area contributed by atoms with Gasteiger partial charge in [-0.2, -0.15) is 5.10 Å². The Balaban J connectivity index is 1.56. The van der Waals surface area contributed by atoms with Gasteiger partial charge in [-0.3, -0.25) is 13.8 Å². The van der Waals surface area contributed by atoms with Gasteiger partial charge in [0.1, 0.15) is 17.1 Å². The fraction of sp³-hybridized carbons (Fsp3) is 0.190. The number of hydrogen-bond acceptors (Lipinski definition) is 5. The molecular formula is C21H20N5O5P. The number of anilines is 1. The zero-order valence-corrected chi connectivity index (χ0v) is 17.9. The van der Waals surface area contributed by atoms with E-state index in [2.05, 4.69) is 15.4 Å². The summed E-state index contributed by atoms with van der Waals surface area (Å²) in [6.45, 7) is 0. The number of methoxy groups -OCH3 is 1. The van der Waals surface area contributed by atoms with Crippen LogP contribution in [0.1, 0.15) is 12.8 Å². The summed E-state index contributed by atoms with van der Waals surface area (Å²) in [5.74, 6) is 1.04. The van der Waals surface area contributed by atoms with Crippen molar-refractivity contribution in [3.63, 3.8) is 0 Å². The molecule has 1 fully saturated rings. The Morgan fingerprint density at radius 1 is 1.22 bits per heavy atom. The average molecular weight is 453 g/mol. The maximum absolute atomic E-state index is 12.1. The van der Waals surface area contributed by atoms with E-state index in [0.29, 0.717) is 22.9 Å². The number of ether oxygens (including phenoxy) is 1. The van der Waals surface area contributed by atoms with Crippen LogP contribution in [0.3, 0.4) is 0 Å². The van der Waals surface area contributed by atoms with Crippen LogP contribution in [0.25, 0.3) is 22.6 Å². The highest BCUT2D eigenvalue weighted by Crippen LogP contribution is 2.34. The quantitative estimate of drug-likeness (QED) is 0.382. The van der Waals surface area contributed by atoms with Gasteiger partial charge in [0.2, 0.25) is 5.91 Å². The van der Waals surface area contributed by atoms with Gasteiger partial charge in [-0.25, -0.2) is 9.67 Å². The molecule has 1 amide bonds. The largest absolute Gasteiger partial charge is 0.494 e. The molecule has 164 valence electrons. The van der Waals surface area contributed by atoms with Crippen molar-refractivity contribution in [2.75, 3.05) is 12.4 Å². The summed E-state index contributed by atoms with van der Waals surface area (Å²) in [5.41, 5.74) is 2.49. The second kappa shape index (κ2) is 7.59. The average Bonchev–Trinajstić information content (AvgIpc) is 3.34. The zero-order chi connectivity index (χ0) is 22.5. The van der Waals surface area contributed by atoms with Crippen LogP contribution >= 0.6 is 7.60 Å². The monoisotopic (exact) mass is 453 g/mol.